The lowest BCUT2D eigenvalue weighted by Gasteiger charge is -2.23. The average Bonchev–Trinajstić information content (AvgIpc) is 2.91. The number of nitrogens with two attached hydrogens (primary N) is 1. The minimum Gasteiger partial charge on any atom is -0.420 e. The van der Waals surface area contributed by atoms with Gasteiger partial charge in [0.25, 0.3) is 0 Å². The van der Waals surface area contributed by atoms with E-state index in [1.165, 1.54) is 0 Å². The van der Waals surface area contributed by atoms with Crippen LogP contribution in [0.2, 0.25) is 0 Å². The van der Waals surface area contributed by atoms with Crippen molar-refractivity contribution in [2.75, 3.05) is 0 Å². The van der Waals surface area contributed by atoms with Gasteiger partial charge in [0.2, 0.25) is 11.8 Å². The molecule has 0 bridgehead atoms. The van der Waals surface area contributed by atoms with Crippen LogP contribution < -0.4 is 10.5 Å². The molecule has 2 aromatic rings. The number of aromatic nitrogens is 2. The van der Waals surface area contributed by atoms with Gasteiger partial charge in [-0.1, -0.05) is 43.7 Å². The van der Waals surface area contributed by atoms with Crippen LogP contribution in [0.1, 0.15) is 36.1 Å². The number of aryl methyl sites for hydroxylation is 1. The highest BCUT2D eigenvalue weighted by Gasteiger charge is 2.33. The summed E-state index contributed by atoms with van der Waals surface area (Å²) in [5, 5.41) is 16.7. The second-order valence-electron chi connectivity index (χ2n) is 5.41. The van der Waals surface area contributed by atoms with Gasteiger partial charge >= 0.3 is 0 Å². The number of rotatable bonds is 4. The molecule has 112 valence electrons. The Kier molecular flexibility index (Phi) is 3.84. The summed E-state index contributed by atoms with van der Waals surface area (Å²) in [7, 11) is 0. The summed E-state index contributed by atoms with van der Waals surface area (Å²) < 4.78 is 5.52. The minimum atomic E-state index is -0.114. The number of hydrogen-bond acceptors (Lipinski definition) is 4. The van der Waals surface area contributed by atoms with Crippen LogP contribution in [0.15, 0.2) is 41.8 Å². The van der Waals surface area contributed by atoms with E-state index in [-0.39, 0.29) is 11.8 Å². The summed E-state index contributed by atoms with van der Waals surface area (Å²) in [5.74, 6) is 0.544. The summed E-state index contributed by atoms with van der Waals surface area (Å²) in [6.07, 6.45) is 2.57. The molecule has 1 aliphatic rings. The molecule has 1 aliphatic heterocycles. The third kappa shape index (κ3) is 2.44. The quantitative estimate of drug-likeness (QED) is 0.907. The summed E-state index contributed by atoms with van der Waals surface area (Å²) in [6, 6.07) is 12.3. The highest BCUT2D eigenvalue weighted by atomic mass is 16.5. The van der Waals surface area contributed by atoms with Gasteiger partial charge in [-0.15, -0.1) is 5.10 Å². The molecule has 0 amide bonds. The number of allylic oxidation sites excluding steroid dienone is 1. The molecule has 0 unspecified atom stereocenters. The Morgan fingerprint density at radius 3 is 2.82 bits per heavy atom. The van der Waals surface area contributed by atoms with Gasteiger partial charge in [0, 0.05) is 17.2 Å². The van der Waals surface area contributed by atoms with E-state index in [0.717, 1.165) is 29.7 Å². The fourth-order valence-corrected chi connectivity index (χ4v) is 2.91. The number of ether oxygens (including phenoxy) is 1. The molecule has 1 aromatic carbocycles. The van der Waals surface area contributed by atoms with Gasteiger partial charge in [-0.25, -0.2) is 0 Å². The first kappa shape index (κ1) is 14.2. The molecule has 0 radical (unpaired) electrons. The van der Waals surface area contributed by atoms with Gasteiger partial charge < -0.3 is 10.5 Å². The molecule has 0 fully saturated rings. The van der Waals surface area contributed by atoms with Gasteiger partial charge in [0.05, 0.1) is 5.57 Å². The lowest BCUT2D eigenvalue weighted by Crippen LogP contribution is -2.21. The molecule has 3 rings (SSSR count). The first-order chi connectivity index (χ1) is 10.7. The maximum Gasteiger partial charge on any atom is 0.243 e. The molecule has 5 nitrogen and oxygen atoms in total. The number of hydrogen-bond donors (Lipinski definition) is 2. The maximum absolute atomic E-state index is 9.50. The number of fused-ring (bicyclic) bond motifs is 1. The largest absolute Gasteiger partial charge is 0.420 e. The second-order valence-corrected chi connectivity index (χ2v) is 5.41. The number of benzene rings is 1. The van der Waals surface area contributed by atoms with Crippen molar-refractivity contribution in [3.8, 4) is 11.9 Å². The van der Waals surface area contributed by atoms with Crippen molar-refractivity contribution >= 4 is 0 Å². The Morgan fingerprint density at radius 1 is 1.36 bits per heavy atom. The number of nitrogens with zero attached hydrogens (tertiary/aromatic N) is 2. The van der Waals surface area contributed by atoms with E-state index in [2.05, 4.69) is 35.3 Å². The second kappa shape index (κ2) is 5.94. The monoisotopic (exact) mass is 294 g/mol. The molecule has 5 heteroatoms. The van der Waals surface area contributed by atoms with Crippen molar-refractivity contribution < 1.29 is 4.74 Å². The molecule has 1 atom stereocenters. The standard InChI is InChI=1S/C17H18N4O/c1-2-6-14-15-12(9-11-7-4-3-5-8-11)13(10-18)16(19)22-17(15)21-20-14/h3-5,7-8,12H,2,6,9,19H2,1H3,(H,20,21)/t12-/m0/s1. The summed E-state index contributed by atoms with van der Waals surface area (Å²) in [4.78, 5) is 0. The molecular formula is C17H18N4O. The third-order valence-corrected chi connectivity index (χ3v) is 3.92. The summed E-state index contributed by atoms with van der Waals surface area (Å²) in [6.45, 7) is 2.11. The normalized spacial score (nSPS) is 16.8. The highest BCUT2D eigenvalue weighted by molar-refractivity contribution is 5.50. The van der Waals surface area contributed by atoms with Crippen LogP contribution in [0, 0.1) is 11.3 Å². The number of nitriles is 1. The molecule has 0 saturated carbocycles. The maximum atomic E-state index is 9.50. The van der Waals surface area contributed by atoms with Gasteiger partial charge in [-0.2, -0.15) is 5.26 Å². The zero-order chi connectivity index (χ0) is 15.5. The lowest BCUT2D eigenvalue weighted by atomic mass is 9.84. The van der Waals surface area contributed by atoms with Gasteiger partial charge in [-0.3, -0.25) is 5.10 Å². The van der Waals surface area contributed by atoms with Crippen LogP contribution in [0.3, 0.4) is 0 Å². The van der Waals surface area contributed by atoms with Crippen LogP contribution in [-0.4, -0.2) is 10.2 Å². The zero-order valence-corrected chi connectivity index (χ0v) is 12.5. The van der Waals surface area contributed by atoms with Crippen LogP contribution in [0.4, 0.5) is 0 Å². The Balaban J connectivity index is 2.05. The SMILES string of the molecule is CCCc1[nH]nc2c1[C@@H](Cc1ccccc1)C(C#N)=C(N)O2. The fraction of sp³-hybridized carbons (Fsp3) is 0.294. The van der Waals surface area contributed by atoms with E-state index in [1.54, 1.807) is 0 Å². The molecule has 0 aliphatic carbocycles. The first-order valence-corrected chi connectivity index (χ1v) is 7.43. The Hall–Kier alpha value is -2.74. The molecule has 2 heterocycles. The van der Waals surface area contributed by atoms with E-state index in [4.69, 9.17) is 10.5 Å². The zero-order valence-electron chi connectivity index (χ0n) is 12.5. The third-order valence-electron chi connectivity index (χ3n) is 3.92. The Bertz CT molecular complexity index is 740. The molecule has 22 heavy (non-hydrogen) atoms. The van der Waals surface area contributed by atoms with Crippen molar-refractivity contribution in [1.29, 1.82) is 5.26 Å². The number of nitrogens with one attached hydrogen (secondary N) is 1. The van der Waals surface area contributed by atoms with Crippen LogP contribution in [-0.2, 0) is 12.8 Å². The van der Waals surface area contributed by atoms with Crippen LogP contribution >= 0.6 is 0 Å². The van der Waals surface area contributed by atoms with E-state index in [9.17, 15) is 5.26 Å². The summed E-state index contributed by atoms with van der Waals surface area (Å²) >= 11 is 0. The predicted molar refractivity (Wildman–Crippen MR) is 82.9 cm³/mol. The highest BCUT2D eigenvalue weighted by Crippen LogP contribution is 2.40. The van der Waals surface area contributed by atoms with E-state index >= 15 is 0 Å². The van der Waals surface area contributed by atoms with E-state index < -0.39 is 0 Å². The molecular weight excluding hydrogens is 276 g/mol. The topological polar surface area (TPSA) is 87.7 Å². The first-order valence-electron chi connectivity index (χ1n) is 7.43. The Morgan fingerprint density at radius 2 is 2.14 bits per heavy atom. The van der Waals surface area contributed by atoms with Gasteiger partial charge in [0.1, 0.15) is 6.07 Å². The average molecular weight is 294 g/mol. The van der Waals surface area contributed by atoms with Crippen molar-refractivity contribution in [3.63, 3.8) is 0 Å². The minimum absolute atomic E-state index is 0.114. The lowest BCUT2D eigenvalue weighted by molar-refractivity contribution is 0.373. The van der Waals surface area contributed by atoms with E-state index in [1.807, 2.05) is 18.2 Å². The van der Waals surface area contributed by atoms with Crippen molar-refractivity contribution in [1.82, 2.24) is 10.2 Å². The summed E-state index contributed by atoms with van der Waals surface area (Å²) in [5.41, 5.74) is 9.55. The molecule has 1 aromatic heterocycles. The van der Waals surface area contributed by atoms with Crippen molar-refractivity contribution in [2.45, 2.75) is 32.1 Å². The van der Waals surface area contributed by atoms with E-state index in [0.29, 0.717) is 17.9 Å². The number of H-pyrrole nitrogens is 1. The van der Waals surface area contributed by atoms with Crippen molar-refractivity contribution in [3.05, 3.63) is 58.6 Å². The Labute approximate surface area is 129 Å². The number of aromatic amines is 1. The fourth-order valence-electron chi connectivity index (χ4n) is 2.91. The molecule has 0 saturated heterocycles. The smallest absolute Gasteiger partial charge is 0.243 e. The van der Waals surface area contributed by atoms with Gasteiger partial charge in [-0.05, 0) is 18.4 Å². The predicted octanol–water partition coefficient (Wildman–Crippen LogP) is 2.77. The van der Waals surface area contributed by atoms with Gasteiger partial charge in [0.15, 0.2) is 0 Å². The molecule has 3 N–H and O–H groups in total. The van der Waals surface area contributed by atoms with Crippen molar-refractivity contribution in [2.24, 2.45) is 5.73 Å². The van der Waals surface area contributed by atoms with Crippen LogP contribution in [0.5, 0.6) is 5.88 Å². The van der Waals surface area contributed by atoms with Crippen LogP contribution in [0.25, 0.3) is 0 Å². The molecule has 0 spiro atoms.